The summed E-state index contributed by atoms with van der Waals surface area (Å²) in [7, 11) is 0. The highest BCUT2D eigenvalue weighted by atomic mass is 16.6. The van der Waals surface area contributed by atoms with Gasteiger partial charge in [0.2, 0.25) is 0 Å². The zero-order chi connectivity index (χ0) is 25.5. The molecule has 0 aromatic heterocycles. The molecule has 0 unspecified atom stereocenters. The van der Waals surface area contributed by atoms with E-state index in [2.05, 4.69) is 4.99 Å². The zero-order valence-corrected chi connectivity index (χ0v) is 18.6. The molecule has 1 amide bonds. The molecule has 0 spiro atoms. The normalized spacial score (nSPS) is 12.6. The fourth-order valence-electron chi connectivity index (χ4n) is 3.58. The number of ether oxygens (including phenoxy) is 2. The van der Waals surface area contributed by atoms with Gasteiger partial charge in [0.25, 0.3) is 5.91 Å². The summed E-state index contributed by atoms with van der Waals surface area (Å²) in [6, 6.07) is 9.21. The number of hydrogen-bond acceptors (Lipinski definition) is 8. The molecule has 1 aliphatic rings. The molecule has 2 aromatic rings. The molecule has 2 aromatic carbocycles. The Morgan fingerprint density at radius 1 is 1.23 bits per heavy atom. The van der Waals surface area contributed by atoms with E-state index < -0.39 is 31.0 Å². The number of aliphatic hydroxyl groups is 1. The molecule has 0 bridgehead atoms. The maximum atomic E-state index is 13.2. The van der Waals surface area contributed by atoms with Gasteiger partial charge in [-0.05, 0) is 48.7 Å². The molecule has 35 heavy (non-hydrogen) atoms. The number of aliphatic imine (C=N–C) groups is 1. The Morgan fingerprint density at radius 3 is 2.66 bits per heavy atom. The number of fused-ring (bicyclic) bond motifs is 2. The quantitative estimate of drug-likeness (QED) is 0.195. The number of benzene rings is 2. The van der Waals surface area contributed by atoms with Gasteiger partial charge in [-0.3, -0.25) is 9.59 Å². The van der Waals surface area contributed by atoms with Crippen LogP contribution in [0.5, 0.6) is 11.5 Å². The monoisotopic (exact) mass is 481 g/mol. The minimum Gasteiger partial charge on any atom is -0.489 e. The highest BCUT2D eigenvalue weighted by molar-refractivity contribution is 6.02. The molecular formula is C23H23N5O7. The molecule has 1 aliphatic heterocycles. The third kappa shape index (κ3) is 5.84. The van der Waals surface area contributed by atoms with Crippen LogP contribution < -0.4 is 20.9 Å². The van der Waals surface area contributed by atoms with Crippen molar-refractivity contribution >= 4 is 29.5 Å². The highest BCUT2D eigenvalue weighted by Crippen LogP contribution is 2.36. The Bertz CT molecular complexity index is 1230. The molecule has 0 atom stereocenters. The van der Waals surface area contributed by atoms with E-state index in [-0.39, 0.29) is 47.3 Å². The fraction of sp³-hybridized carbons (Fsp3) is 0.261. The number of nitrogens with two attached hydrogens (primary N) is 2. The van der Waals surface area contributed by atoms with E-state index >= 15 is 0 Å². The van der Waals surface area contributed by atoms with Crippen molar-refractivity contribution in [2.75, 3.05) is 26.3 Å². The largest absolute Gasteiger partial charge is 0.489 e. The smallest absolute Gasteiger partial charge is 0.343 e. The van der Waals surface area contributed by atoms with Crippen molar-refractivity contribution in [1.29, 1.82) is 5.26 Å². The van der Waals surface area contributed by atoms with E-state index in [1.165, 1.54) is 18.2 Å². The van der Waals surface area contributed by atoms with Crippen LogP contribution in [0, 0.1) is 11.3 Å². The summed E-state index contributed by atoms with van der Waals surface area (Å²) in [6.07, 6.45) is 0.815. The minimum atomic E-state index is -1.30. The van der Waals surface area contributed by atoms with Crippen molar-refractivity contribution < 1.29 is 34.1 Å². The predicted octanol–water partition coefficient (Wildman–Crippen LogP) is 0.526. The standard InChI is InChI=1S/C23H23N5O7/c24-11-14-3-6-17-20(19(14)21(32)28(7-8-29)12-18(30)31)34-9-1-2-13-10-15(27-23(25)26)4-5-16(13)22(33)35-17/h3-6,10,29H,1-2,7-9,12H2,(H,30,31)(H4,25,26,27). The van der Waals surface area contributed by atoms with Crippen molar-refractivity contribution in [2.24, 2.45) is 16.5 Å². The lowest BCUT2D eigenvalue weighted by molar-refractivity contribution is -0.137. The maximum absolute atomic E-state index is 13.2. The number of carbonyl (C=O) groups excluding carboxylic acids is 2. The first-order valence-corrected chi connectivity index (χ1v) is 10.5. The molecule has 0 fully saturated rings. The number of rotatable bonds is 6. The van der Waals surface area contributed by atoms with Crippen LogP contribution in [0.2, 0.25) is 0 Å². The fourth-order valence-corrected chi connectivity index (χ4v) is 3.58. The van der Waals surface area contributed by atoms with E-state index in [0.29, 0.717) is 24.1 Å². The summed E-state index contributed by atoms with van der Waals surface area (Å²) >= 11 is 0. The Balaban J connectivity index is 2.07. The number of aliphatic carboxylic acids is 1. The van der Waals surface area contributed by atoms with Crippen molar-refractivity contribution in [3.8, 4) is 17.6 Å². The molecule has 182 valence electrons. The lowest BCUT2D eigenvalue weighted by Gasteiger charge is -2.23. The van der Waals surface area contributed by atoms with Gasteiger partial charge in [0.15, 0.2) is 17.5 Å². The van der Waals surface area contributed by atoms with Gasteiger partial charge in [-0.2, -0.15) is 5.26 Å². The third-order valence-electron chi connectivity index (χ3n) is 5.05. The zero-order valence-electron chi connectivity index (χ0n) is 18.6. The van der Waals surface area contributed by atoms with E-state index in [1.807, 2.05) is 6.07 Å². The summed E-state index contributed by atoms with van der Waals surface area (Å²) < 4.78 is 11.3. The molecule has 0 radical (unpaired) electrons. The number of aryl methyl sites for hydroxylation is 1. The number of carboxylic acids is 1. The topological polar surface area (TPSA) is 202 Å². The summed E-state index contributed by atoms with van der Waals surface area (Å²) in [5.74, 6) is -3.29. The van der Waals surface area contributed by atoms with Crippen LogP contribution in [-0.4, -0.2) is 65.2 Å². The molecular weight excluding hydrogens is 458 g/mol. The minimum absolute atomic E-state index is 0.0879. The Kier molecular flexibility index (Phi) is 7.85. The van der Waals surface area contributed by atoms with Crippen molar-refractivity contribution in [2.45, 2.75) is 12.8 Å². The van der Waals surface area contributed by atoms with Crippen molar-refractivity contribution in [3.05, 3.63) is 52.6 Å². The van der Waals surface area contributed by atoms with Crippen LogP contribution >= 0.6 is 0 Å². The number of esters is 1. The summed E-state index contributed by atoms with van der Waals surface area (Å²) in [5.41, 5.74) is 11.9. The number of guanidine groups is 1. The van der Waals surface area contributed by atoms with E-state index in [9.17, 15) is 24.8 Å². The average Bonchev–Trinajstić information content (AvgIpc) is 2.80. The van der Waals surface area contributed by atoms with Crippen LogP contribution in [0.4, 0.5) is 5.69 Å². The number of nitriles is 1. The Hall–Kier alpha value is -4.63. The molecule has 0 aliphatic carbocycles. The van der Waals surface area contributed by atoms with Crippen LogP contribution in [0.1, 0.15) is 38.3 Å². The molecule has 0 saturated heterocycles. The first-order chi connectivity index (χ1) is 16.7. The van der Waals surface area contributed by atoms with Gasteiger partial charge in [-0.15, -0.1) is 0 Å². The number of amides is 1. The molecule has 1 heterocycles. The maximum Gasteiger partial charge on any atom is 0.343 e. The second kappa shape index (κ2) is 11.0. The number of carbonyl (C=O) groups is 3. The number of aliphatic hydroxyl groups excluding tert-OH is 1. The van der Waals surface area contributed by atoms with Gasteiger partial charge in [-0.25, -0.2) is 9.79 Å². The van der Waals surface area contributed by atoms with Gasteiger partial charge in [0.1, 0.15) is 18.2 Å². The van der Waals surface area contributed by atoms with E-state index in [1.54, 1.807) is 12.1 Å². The van der Waals surface area contributed by atoms with Gasteiger partial charge in [0, 0.05) is 6.54 Å². The summed E-state index contributed by atoms with van der Waals surface area (Å²) in [6.45, 7) is -1.40. The van der Waals surface area contributed by atoms with Crippen molar-refractivity contribution in [3.63, 3.8) is 0 Å². The van der Waals surface area contributed by atoms with Crippen LogP contribution in [-0.2, 0) is 11.2 Å². The molecule has 12 nitrogen and oxygen atoms in total. The lowest BCUT2D eigenvalue weighted by atomic mass is 10.0. The van der Waals surface area contributed by atoms with Gasteiger partial charge < -0.3 is 36.1 Å². The first kappa shape index (κ1) is 25.0. The van der Waals surface area contributed by atoms with Crippen LogP contribution in [0.3, 0.4) is 0 Å². The average molecular weight is 481 g/mol. The van der Waals surface area contributed by atoms with Crippen LogP contribution in [0.25, 0.3) is 0 Å². The van der Waals surface area contributed by atoms with E-state index in [4.69, 9.17) is 26.0 Å². The molecule has 12 heteroatoms. The van der Waals surface area contributed by atoms with Crippen molar-refractivity contribution in [1.82, 2.24) is 4.90 Å². The van der Waals surface area contributed by atoms with Gasteiger partial charge in [-0.1, -0.05) is 0 Å². The Morgan fingerprint density at radius 2 is 2.00 bits per heavy atom. The Labute approximate surface area is 200 Å². The first-order valence-electron chi connectivity index (χ1n) is 10.5. The highest BCUT2D eigenvalue weighted by Gasteiger charge is 2.29. The SMILES string of the molecule is N#Cc1ccc2c(c1C(=O)N(CCO)CC(=O)O)OCCCc1cc(N=C(N)N)ccc1C(=O)O2. The third-order valence-corrected chi connectivity index (χ3v) is 5.05. The molecule has 0 saturated carbocycles. The van der Waals surface area contributed by atoms with E-state index in [0.717, 1.165) is 4.90 Å². The van der Waals surface area contributed by atoms with Crippen LogP contribution in [0.15, 0.2) is 35.3 Å². The lowest BCUT2D eigenvalue weighted by Crippen LogP contribution is -2.38. The van der Waals surface area contributed by atoms with Gasteiger partial charge in [0.05, 0.1) is 30.0 Å². The summed E-state index contributed by atoms with van der Waals surface area (Å²) in [5, 5.41) is 28.0. The number of nitrogens with zero attached hydrogens (tertiary/aromatic N) is 3. The number of carboxylic acid groups (broad SMARTS) is 1. The second-order valence-electron chi connectivity index (χ2n) is 7.49. The second-order valence-corrected chi connectivity index (χ2v) is 7.49. The number of hydrogen-bond donors (Lipinski definition) is 4. The molecule has 3 rings (SSSR count). The van der Waals surface area contributed by atoms with Gasteiger partial charge >= 0.3 is 11.9 Å². The summed E-state index contributed by atoms with van der Waals surface area (Å²) in [4.78, 5) is 42.3. The predicted molar refractivity (Wildman–Crippen MR) is 122 cm³/mol. The molecule has 6 N–H and O–H groups in total.